The quantitative estimate of drug-likeness (QED) is 0.521. The fourth-order valence-electron chi connectivity index (χ4n) is 1.86. The molecule has 2 rings (SSSR count). The van der Waals surface area contributed by atoms with Crippen molar-refractivity contribution in [2.45, 2.75) is 18.4 Å². The molecule has 0 N–H and O–H groups in total. The number of hydrogen-bond acceptors (Lipinski definition) is 5. The Morgan fingerprint density at radius 2 is 1.79 bits per heavy atom. The molecule has 0 amide bonds. The number of Topliss-reactive ketones (excluding diaryl/α,β-unsaturated/α-hetero) is 1. The van der Waals surface area contributed by atoms with Crippen LogP contribution in [-0.2, 0) is 10.1 Å². The van der Waals surface area contributed by atoms with Crippen LogP contribution in [0.2, 0.25) is 0 Å². The maximum atomic E-state index is 12.4. The lowest BCUT2D eigenvalue weighted by molar-refractivity contribution is -0.0518. The second kappa shape index (κ2) is 7.27. The highest BCUT2D eigenvalue weighted by atomic mass is 79.9. The Bertz CT molecular complexity index is 868. The lowest BCUT2D eigenvalue weighted by atomic mass is 10.1. The highest BCUT2D eigenvalue weighted by molar-refractivity contribution is 9.10. The number of alkyl halides is 2. The van der Waals surface area contributed by atoms with E-state index in [1.54, 1.807) is 0 Å². The van der Waals surface area contributed by atoms with Gasteiger partial charge in [-0.25, -0.2) is 0 Å². The van der Waals surface area contributed by atoms with E-state index in [4.69, 9.17) is 4.18 Å². The first-order chi connectivity index (χ1) is 11.2. The zero-order chi connectivity index (χ0) is 17.9. The van der Waals surface area contributed by atoms with Gasteiger partial charge in [0.15, 0.2) is 11.5 Å². The van der Waals surface area contributed by atoms with Crippen LogP contribution < -0.4 is 8.92 Å². The first-order valence-electron chi connectivity index (χ1n) is 6.49. The molecule has 0 aliphatic rings. The van der Waals surface area contributed by atoms with E-state index >= 15 is 0 Å². The number of para-hydroxylation sites is 1. The molecule has 0 saturated carbocycles. The van der Waals surface area contributed by atoms with Crippen LogP contribution in [0, 0.1) is 0 Å². The number of carbonyl (C=O) groups is 1. The average Bonchev–Trinajstić information content (AvgIpc) is 2.48. The standard InChI is InChI=1S/C15H11BrF2O5S/c1-9(19)11-8-10(16)6-7-12(11)23-24(20,21)14-5-3-2-4-13(14)22-15(17)18/h2-8,15H,1H3. The van der Waals surface area contributed by atoms with E-state index in [2.05, 4.69) is 20.7 Å². The molecule has 0 aromatic heterocycles. The number of ketones is 1. The molecule has 128 valence electrons. The Morgan fingerprint density at radius 3 is 2.42 bits per heavy atom. The second-order valence-electron chi connectivity index (χ2n) is 4.56. The fraction of sp³-hybridized carbons (Fsp3) is 0.133. The number of rotatable bonds is 6. The Hall–Kier alpha value is -2.00. The lowest BCUT2D eigenvalue weighted by Gasteiger charge is -2.13. The summed E-state index contributed by atoms with van der Waals surface area (Å²) in [6, 6.07) is 9.00. The molecule has 0 atom stereocenters. The van der Waals surface area contributed by atoms with E-state index in [1.165, 1.54) is 37.3 Å². The van der Waals surface area contributed by atoms with Gasteiger partial charge in [-0.1, -0.05) is 28.1 Å². The van der Waals surface area contributed by atoms with Crippen molar-refractivity contribution in [1.82, 2.24) is 0 Å². The third-order valence-electron chi connectivity index (χ3n) is 2.85. The van der Waals surface area contributed by atoms with Crippen LogP contribution in [0.4, 0.5) is 8.78 Å². The SMILES string of the molecule is CC(=O)c1cc(Br)ccc1OS(=O)(=O)c1ccccc1OC(F)F. The largest absolute Gasteiger partial charge is 0.433 e. The summed E-state index contributed by atoms with van der Waals surface area (Å²) in [5, 5.41) is 0. The molecule has 9 heteroatoms. The van der Waals surface area contributed by atoms with Crippen LogP contribution in [-0.4, -0.2) is 20.8 Å². The van der Waals surface area contributed by atoms with Crippen molar-refractivity contribution in [2.75, 3.05) is 0 Å². The van der Waals surface area contributed by atoms with Gasteiger partial charge >= 0.3 is 16.7 Å². The molecule has 2 aromatic rings. The molecule has 24 heavy (non-hydrogen) atoms. The van der Waals surface area contributed by atoms with Crippen molar-refractivity contribution >= 4 is 31.8 Å². The molecule has 5 nitrogen and oxygen atoms in total. The molecule has 0 bridgehead atoms. The Morgan fingerprint density at radius 1 is 1.12 bits per heavy atom. The van der Waals surface area contributed by atoms with E-state index < -0.39 is 33.2 Å². The topological polar surface area (TPSA) is 69.7 Å². The van der Waals surface area contributed by atoms with Crippen LogP contribution in [0.15, 0.2) is 51.8 Å². The Kier molecular flexibility index (Phi) is 5.55. The molecule has 0 heterocycles. The minimum absolute atomic E-state index is 0.0280. The summed E-state index contributed by atoms with van der Waals surface area (Å²) in [7, 11) is -4.48. The highest BCUT2D eigenvalue weighted by Crippen LogP contribution is 2.30. The minimum Gasteiger partial charge on any atom is -0.433 e. The van der Waals surface area contributed by atoms with E-state index in [0.29, 0.717) is 4.47 Å². The van der Waals surface area contributed by atoms with Crippen LogP contribution in [0.5, 0.6) is 11.5 Å². The first kappa shape index (κ1) is 18.3. The van der Waals surface area contributed by atoms with Crippen molar-refractivity contribution in [3.05, 3.63) is 52.5 Å². The first-order valence-corrected chi connectivity index (χ1v) is 8.69. The van der Waals surface area contributed by atoms with Gasteiger partial charge < -0.3 is 8.92 Å². The van der Waals surface area contributed by atoms with Gasteiger partial charge in [-0.05, 0) is 37.3 Å². The Balaban J connectivity index is 2.45. The predicted molar refractivity (Wildman–Crippen MR) is 85.0 cm³/mol. The molecule has 0 radical (unpaired) electrons. The number of ether oxygens (including phenoxy) is 1. The molecule has 2 aromatic carbocycles. The van der Waals surface area contributed by atoms with Gasteiger partial charge in [0.05, 0.1) is 5.56 Å². The molecular formula is C15H11BrF2O5S. The normalized spacial score (nSPS) is 11.4. The van der Waals surface area contributed by atoms with Crippen LogP contribution in [0.1, 0.15) is 17.3 Å². The summed E-state index contributed by atoms with van der Waals surface area (Å²) < 4.78 is 59.3. The van der Waals surface area contributed by atoms with Gasteiger partial charge in [0, 0.05) is 4.47 Å². The third-order valence-corrected chi connectivity index (χ3v) is 4.62. The fourth-order valence-corrected chi connectivity index (χ4v) is 3.30. The monoisotopic (exact) mass is 420 g/mol. The number of halogens is 3. The maximum Gasteiger partial charge on any atom is 0.387 e. The highest BCUT2D eigenvalue weighted by Gasteiger charge is 2.25. The van der Waals surface area contributed by atoms with Crippen LogP contribution in [0.25, 0.3) is 0 Å². The molecule has 0 unspecified atom stereocenters. The predicted octanol–water partition coefficient (Wildman–Crippen LogP) is 4.02. The molecule has 0 saturated heterocycles. The van der Waals surface area contributed by atoms with Crippen molar-refractivity contribution in [1.29, 1.82) is 0 Å². The van der Waals surface area contributed by atoms with E-state index in [9.17, 15) is 22.0 Å². The van der Waals surface area contributed by atoms with Gasteiger partial charge in [0.1, 0.15) is 10.6 Å². The van der Waals surface area contributed by atoms with E-state index in [-0.39, 0.29) is 11.3 Å². The molecule has 0 fully saturated rings. The minimum atomic E-state index is -4.48. The number of hydrogen-bond donors (Lipinski definition) is 0. The molecule has 0 aliphatic carbocycles. The van der Waals surface area contributed by atoms with Gasteiger partial charge in [0.2, 0.25) is 0 Å². The van der Waals surface area contributed by atoms with Gasteiger partial charge in [-0.3, -0.25) is 4.79 Å². The summed E-state index contributed by atoms with van der Waals surface area (Å²) in [5.41, 5.74) is 0.0280. The van der Waals surface area contributed by atoms with Crippen LogP contribution in [0.3, 0.4) is 0 Å². The van der Waals surface area contributed by atoms with Gasteiger partial charge in [0.25, 0.3) is 0 Å². The van der Waals surface area contributed by atoms with Gasteiger partial charge in [-0.15, -0.1) is 0 Å². The zero-order valence-electron chi connectivity index (χ0n) is 12.2. The summed E-state index contributed by atoms with van der Waals surface area (Å²) >= 11 is 3.17. The van der Waals surface area contributed by atoms with Crippen molar-refractivity contribution in [3.8, 4) is 11.5 Å². The molecule has 0 spiro atoms. The summed E-state index contributed by atoms with van der Waals surface area (Å²) in [6.07, 6.45) is 0. The maximum absolute atomic E-state index is 12.4. The van der Waals surface area contributed by atoms with Crippen molar-refractivity contribution in [2.24, 2.45) is 0 Å². The van der Waals surface area contributed by atoms with Crippen LogP contribution >= 0.6 is 15.9 Å². The molecular weight excluding hydrogens is 410 g/mol. The average molecular weight is 421 g/mol. The lowest BCUT2D eigenvalue weighted by Crippen LogP contribution is -2.14. The smallest absolute Gasteiger partial charge is 0.387 e. The zero-order valence-corrected chi connectivity index (χ0v) is 14.6. The van der Waals surface area contributed by atoms with Crippen molar-refractivity contribution < 1.29 is 30.9 Å². The number of carbonyl (C=O) groups excluding carboxylic acids is 1. The van der Waals surface area contributed by atoms with Gasteiger partial charge in [-0.2, -0.15) is 17.2 Å². The second-order valence-corrected chi connectivity index (χ2v) is 6.99. The summed E-state index contributed by atoms with van der Waals surface area (Å²) in [4.78, 5) is 11.1. The number of benzene rings is 2. The summed E-state index contributed by atoms with van der Waals surface area (Å²) in [5.74, 6) is -1.18. The van der Waals surface area contributed by atoms with E-state index in [1.807, 2.05) is 0 Å². The summed E-state index contributed by atoms with van der Waals surface area (Å²) in [6.45, 7) is -1.95. The third kappa shape index (κ3) is 4.30. The molecule has 0 aliphatic heterocycles. The Labute approximate surface area is 145 Å². The van der Waals surface area contributed by atoms with E-state index in [0.717, 1.165) is 12.1 Å². The van der Waals surface area contributed by atoms with Crippen molar-refractivity contribution in [3.63, 3.8) is 0 Å².